The molecule has 2 aromatic carbocycles. The molecule has 0 amide bonds. The van der Waals surface area contributed by atoms with E-state index in [-0.39, 0.29) is 0 Å². The molecule has 0 saturated heterocycles. The van der Waals surface area contributed by atoms with Gasteiger partial charge in [0, 0.05) is 23.7 Å². The lowest BCUT2D eigenvalue weighted by Crippen LogP contribution is -2.25. The van der Waals surface area contributed by atoms with Crippen LogP contribution in [0.15, 0.2) is 36.4 Å². The van der Waals surface area contributed by atoms with Crippen molar-refractivity contribution in [2.45, 2.75) is 58.7 Å². The molecule has 0 radical (unpaired) electrons. The Morgan fingerprint density at radius 3 is 2.42 bits per heavy atom. The predicted octanol–water partition coefficient (Wildman–Crippen LogP) is 5.66. The minimum Gasteiger partial charge on any atom is -0.490 e. The Labute approximate surface area is 161 Å². The van der Waals surface area contributed by atoms with Crippen molar-refractivity contribution < 1.29 is 9.47 Å². The van der Waals surface area contributed by atoms with Crippen LogP contribution in [0.4, 0.5) is 0 Å². The number of aryl methyl sites for hydroxylation is 1. The van der Waals surface area contributed by atoms with E-state index in [2.05, 4.69) is 36.5 Å². The smallest absolute Gasteiger partial charge is 0.163 e. The highest BCUT2D eigenvalue weighted by atomic mass is 35.5. The summed E-state index contributed by atoms with van der Waals surface area (Å²) in [6, 6.07) is 12.8. The minimum atomic E-state index is 0.496. The van der Waals surface area contributed by atoms with E-state index in [1.165, 1.54) is 31.2 Å². The highest BCUT2D eigenvalue weighted by Crippen LogP contribution is 2.34. The Morgan fingerprint density at radius 1 is 1.04 bits per heavy atom. The molecule has 0 spiro atoms. The van der Waals surface area contributed by atoms with Crippen LogP contribution in [-0.4, -0.2) is 12.6 Å². The molecule has 1 saturated carbocycles. The zero-order valence-electron chi connectivity index (χ0n) is 15.7. The van der Waals surface area contributed by atoms with Gasteiger partial charge in [-0.3, -0.25) is 0 Å². The van der Waals surface area contributed by atoms with Gasteiger partial charge >= 0.3 is 0 Å². The van der Waals surface area contributed by atoms with E-state index in [0.717, 1.165) is 28.4 Å². The summed E-state index contributed by atoms with van der Waals surface area (Å²) < 4.78 is 11.8. The molecule has 1 N–H and O–H groups in total. The molecule has 1 aliphatic carbocycles. The van der Waals surface area contributed by atoms with E-state index in [9.17, 15) is 0 Å². The maximum Gasteiger partial charge on any atom is 0.163 e. The van der Waals surface area contributed by atoms with Crippen molar-refractivity contribution in [3.8, 4) is 11.5 Å². The summed E-state index contributed by atoms with van der Waals surface area (Å²) in [5, 5.41) is 4.33. The standard InChI is InChI=1S/C22H28ClNO2/c1-3-25-21-12-18(14-24-19-6-4-5-7-19)20(23)13-22(21)26-15-17-10-8-16(2)9-11-17/h8-13,19,24H,3-7,14-15H2,1-2H3. The average Bonchev–Trinajstić information content (AvgIpc) is 3.15. The number of benzene rings is 2. The van der Waals surface area contributed by atoms with Gasteiger partial charge in [0.1, 0.15) is 6.61 Å². The first-order valence-electron chi connectivity index (χ1n) is 9.52. The van der Waals surface area contributed by atoms with Crippen LogP contribution in [0.25, 0.3) is 0 Å². The van der Waals surface area contributed by atoms with E-state index in [4.69, 9.17) is 21.1 Å². The van der Waals surface area contributed by atoms with E-state index >= 15 is 0 Å². The fraction of sp³-hybridized carbons (Fsp3) is 0.455. The molecule has 0 aliphatic heterocycles. The zero-order valence-corrected chi connectivity index (χ0v) is 16.4. The number of hydrogen-bond donors (Lipinski definition) is 1. The Bertz CT molecular complexity index is 709. The van der Waals surface area contributed by atoms with Gasteiger partial charge < -0.3 is 14.8 Å². The van der Waals surface area contributed by atoms with Crippen LogP contribution >= 0.6 is 11.6 Å². The molecular weight excluding hydrogens is 346 g/mol. The maximum atomic E-state index is 6.51. The van der Waals surface area contributed by atoms with Crippen LogP contribution in [0.3, 0.4) is 0 Å². The molecule has 4 heteroatoms. The van der Waals surface area contributed by atoms with Crippen molar-refractivity contribution >= 4 is 11.6 Å². The lowest BCUT2D eigenvalue weighted by Gasteiger charge is -2.17. The van der Waals surface area contributed by atoms with Crippen LogP contribution in [0.2, 0.25) is 5.02 Å². The van der Waals surface area contributed by atoms with E-state index in [1.54, 1.807) is 0 Å². The summed E-state index contributed by atoms with van der Waals surface area (Å²) in [7, 11) is 0. The normalized spacial score (nSPS) is 14.6. The number of hydrogen-bond acceptors (Lipinski definition) is 3. The van der Waals surface area contributed by atoms with Gasteiger partial charge in [-0.25, -0.2) is 0 Å². The number of rotatable bonds is 8. The third-order valence-electron chi connectivity index (χ3n) is 4.86. The second kappa shape index (κ2) is 9.29. The molecule has 0 heterocycles. The lowest BCUT2D eigenvalue weighted by molar-refractivity contribution is 0.269. The first kappa shape index (κ1) is 19.1. The van der Waals surface area contributed by atoms with E-state index < -0.39 is 0 Å². The molecule has 1 fully saturated rings. The van der Waals surface area contributed by atoms with Crippen LogP contribution in [0.1, 0.15) is 49.3 Å². The molecular formula is C22H28ClNO2. The maximum absolute atomic E-state index is 6.51. The predicted molar refractivity (Wildman–Crippen MR) is 107 cm³/mol. The molecule has 26 heavy (non-hydrogen) atoms. The molecule has 140 valence electrons. The van der Waals surface area contributed by atoms with E-state index in [1.807, 2.05) is 19.1 Å². The third-order valence-corrected chi connectivity index (χ3v) is 5.22. The van der Waals surface area contributed by atoms with Crippen LogP contribution in [-0.2, 0) is 13.2 Å². The molecule has 0 bridgehead atoms. The Morgan fingerprint density at radius 2 is 1.73 bits per heavy atom. The second-order valence-electron chi connectivity index (χ2n) is 6.96. The van der Waals surface area contributed by atoms with Gasteiger partial charge in [-0.2, -0.15) is 0 Å². The summed E-state index contributed by atoms with van der Waals surface area (Å²) >= 11 is 6.51. The first-order chi connectivity index (χ1) is 12.7. The van der Waals surface area contributed by atoms with Gasteiger partial charge in [0.2, 0.25) is 0 Å². The van der Waals surface area contributed by atoms with Crippen molar-refractivity contribution in [1.82, 2.24) is 5.32 Å². The van der Waals surface area contributed by atoms with Gasteiger partial charge in [-0.05, 0) is 43.9 Å². The summed E-state index contributed by atoms with van der Waals surface area (Å²) in [5.74, 6) is 1.45. The lowest BCUT2D eigenvalue weighted by atomic mass is 10.1. The largest absolute Gasteiger partial charge is 0.490 e. The van der Waals surface area contributed by atoms with Crippen LogP contribution in [0.5, 0.6) is 11.5 Å². The monoisotopic (exact) mass is 373 g/mol. The van der Waals surface area contributed by atoms with Gasteiger partial charge in [0.15, 0.2) is 11.5 Å². The molecule has 1 aliphatic rings. The molecule has 3 nitrogen and oxygen atoms in total. The van der Waals surface area contributed by atoms with Crippen molar-refractivity contribution in [3.63, 3.8) is 0 Å². The quantitative estimate of drug-likeness (QED) is 0.647. The third kappa shape index (κ3) is 5.15. The summed E-state index contributed by atoms with van der Waals surface area (Å²) in [6.45, 7) is 5.92. The Balaban J connectivity index is 1.69. The molecule has 0 aromatic heterocycles. The molecule has 3 rings (SSSR count). The van der Waals surface area contributed by atoms with Crippen LogP contribution < -0.4 is 14.8 Å². The second-order valence-corrected chi connectivity index (χ2v) is 7.37. The Kier molecular flexibility index (Phi) is 6.81. The van der Waals surface area contributed by atoms with Crippen molar-refractivity contribution in [3.05, 3.63) is 58.1 Å². The number of ether oxygens (including phenoxy) is 2. The van der Waals surface area contributed by atoms with Gasteiger partial charge in [-0.15, -0.1) is 0 Å². The average molecular weight is 374 g/mol. The fourth-order valence-electron chi connectivity index (χ4n) is 3.32. The number of nitrogens with one attached hydrogen (secondary N) is 1. The fourth-order valence-corrected chi connectivity index (χ4v) is 3.54. The topological polar surface area (TPSA) is 30.5 Å². The van der Waals surface area contributed by atoms with Gasteiger partial charge in [0.05, 0.1) is 6.61 Å². The SMILES string of the molecule is CCOc1cc(CNC2CCCC2)c(Cl)cc1OCc1ccc(C)cc1. The van der Waals surface area contributed by atoms with Crippen LogP contribution in [0, 0.1) is 6.92 Å². The minimum absolute atomic E-state index is 0.496. The Hall–Kier alpha value is -1.71. The van der Waals surface area contributed by atoms with Crippen molar-refractivity contribution in [2.75, 3.05) is 6.61 Å². The molecule has 0 atom stereocenters. The zero-order chi connectivity index (χ0) is 18.4. The van der Waals surface area contributed by atoms with E-state index in [0.29, 0.717) is 25.0 Å². The molecule has 2 aromatic rings. The summed E-state index contributed by atoms with van der Waals surface area (Å²) in [6.07, 6.45) is 5.16. The highest BCUT2D eigenvalue weighted by Gasteiger charge is 2.16. The first-order valence-corrected chi connectivity index (χ1v) is 9.90. The number of halogens is 1. The van der Waals surface area contributed by atoms with Crippen molar-refractivity contribution in [2.24, 2.45) is 0 Å². The van der Waals surface area contributed by atoms with Gasteiger partial charge in [0.25, 0.3) is 0 Å². The van der Waals surface area contributed by atoms with Gasteiger partial charge in [-0.1, -0.05) is 54.3 Å². The highest BCUT2D eigenvalue weighted by molar-refractivity contribution is 6.31. The molecule has 0 unspecified atom stereocenters. The summed E-state index contributed by atoms with van der Waals surface area (Å²) in [5.41, 5.74) is 3.43. The summed E-state index contributed by atoms with van der Waals surface area (Å²) in [4.78, 5) is 0. The van der Waals surface area contributed by atoms with Crippen molar-refractivity contribution in [1.29, 1.82) is 0 Å².